The number of rotatable bonds is 7. The predicted molar refractivity (Wildman–Crippen MR) is 91.5 cm³/mol. The zero-order chi connectivity index (χ0) is 17.6. The SMILES string of the molecule is CCOc1ccc(S(=O)(=O)NCC(=O)N2CCN(CC)CC2)cc1. The van der Waals surface area contributed by atoms with Crippen LogP contribution in [-0.2, 0) is 14.8 Å². The minimum atomic E-state index is -3.70. The molecule has 0 bridgehead atoms. The van der Waals surface area contributed by atoms with Crippen molar-refractivity contribution in [1.82, 2.24) is 14.5 Å². The van der Waals surface area contributed by atoms with Gasteiger partial charge in [-0.3, -0.25) is 4.79 Å². The molecule has 0 radical (unpaired) electrons. The largest absolute Gasteiger partial charge is 0.494 e. The van der Waals surface area contributed by atoms with E-state index in [1.165, 1.54) is 12.1 Å². The van der Waals surface area contributed by atoms with Gasteiger partial charge in [0.1, 0.15) is 5.75 Å². The molecule has 1 heterocycles. The average molecular weight is 355 g/mol. The molecule has 0 aromatic heterocycles. The van der Waals surface area contributed by atoms with E-state index < -0.39 is 10.0 Å². The number of amides is 1. The molecule has 1 saturated heterocycles. The van der Waals surface area contributed by atoms with E-state index in [2.05, 4.69) is 16.5 Å². The van der Waals surface area contributed by atoms with Gasteiger partial charge in [-0.1, -0.05) is 6.92 Å². The van der Waals surface area contributed by atoms with E-state index in [1.54, 1.807) is 17.0 Å². The monoisotopic (exact) mass is 355 g/mol. The van der Waals surface area contributed by atoms with Crippen LogP contribution in [0.2, 0.25) is 0 Å². The number of sulfonamides is 1. The summed E-state index contributed by atoms with van der Waals surface area (Å²) in [4.78, 5) is 16.2. The van der Waals surface area contributed by atoms with Crippen molar-refractivity contribution in [1.29, 1.82) is 0 Å². The number of carbonyl (C=O) groups excluding carboxylic acids is 1. The molecule has 0 spiro atoms. The summed E-state index contributed by atoms with van der Waals surface area (Å²) in [6, 6.07) is 6.14. The van der Waals surface area contributed by atoms with Gasteiger partial charge in [0.25, 0.3) is 0 Å². The van der Waals surface area contributed by atoms with Crippen molar-refractivity contribution in [3.8, 4) is 5.75 Å². The molecule has 0 aliphatic carbocycles. The number of ether oxygens (including phenoxy) is 1. The van der Waals surface area contributed by atoms with Crippen molar-refractivity contribution >= 4 is 15.9 Å². The summed E-state index contributed by atoms with van der Waals surface area (Å²) >= 11 is 0. The summed E-state index contributed by atoms with van der Waals surface area (Å²) in [6.45, 7) is 8.13. The number of hydrogen-bond donors (Lipinski definition) is 1. The van der Waals surface area contributed by atoms with Gasteiger partial charge in [-0.2, -0.15) is 0 Å². The zero-order valence-corrected chi connectivity index (χ0v) is 15.0. The molecule has 0 unspecified atom stereocenters. The first-order chi connectivity index (χ1) is 11.5. The molecular formula is C16H25N3O4S. The first-order valence-electron chi connectivity index (χ1n) is 8.19. The summed E-state index contributed by atoms with van der Waals surface area (Å²) in [6.07, 6.45) is 0. The van der Waals surface area contributed by atoms with Crippen LogP contribution in [0.1, 0.15) is 13.8 Å². The Morgan fingerprint density at radius 3 is 2.29 bits per heavy atom. The smallest absolute Gasteiger partial charge is 0.241 e. The lowest BCUT2D eigenvalue weighted by Crippen LogP contribution is -2.51. The molecule has 24 heavy (non-hydrogen) atoms. The minimum absolute atomic E-state index is 0.120. The van der Waals surface area contributed by atoms with E-state index in [0.717, 1.165) is 19.6 Å². The highest BCUT2D eigenvalue weighted by atomic mass is 32.2. The third kappa shape index (κ3) is 4.93. The average Bonchev–Trinajstić information content (AvgIpc) is 2.60. The lowest BCUT2D eigenvalue weighted by molar-refractivity contribution is -0.131. The number of benzene rings is 1. The fourth-order valence-electron chi connectivity index (χ4n) is 2.55. The quantitative estimate of drug-likeness (QED) is 0.772. The van der Waals surface area contributed by atoms with Crippen LogP contribution in [0, 0.1) is 0 Å². The van der Waals surface area contributed by atoms with Crippen LogP contribution in [-0.4, -0.2) is 70.0 Å². The molecule has 8 heteroatoms. The highest BCUT2D eigenvalue weighted by molar-refractivity contribution is 7.89. The normalized spacial score (nSPS) is 16.2. The highest BCUT2D eigenvalue weighted by Gasteiger charge is 2.22. The molecule has 134 valence electrons. The summed E-state index contributed by atoms with van der Waals surface area (Å²) in [7, 11) is -3.70. The fourth-order valence-corrected chi connectivity index (χ4v) is 3.52. The van der Waals surface area contributed by atoms with E-state index in [4.69, 9.17) is 4.74 Å². The molecule has 7 nitrogen and oxygen atoms in total. The van der Waals surface area contributed by atoms with Gasteiger partial charge in [-0.05, 0) is 37.7 Å². The van der Waals surface area contributed by atoms with Crippen LogP contribution < -0.4 is 9.46 Å². The minimum Gasteiger partial charge on any atom is -0.494 e. The van der Waals surface area contributed by atoms with Crippen LogP contribution >= 0.6 is 0 Å². The van der Waals surface area contributed by atoms with Crippen molar-refractivity contribution in [2.75, 3.05) is 45.9 Å². The van der Waals surface area contributed by atoms with Crippen LogP contribution in [0.5, 0.6) is 5.75 Å². The molecule has 1 fully saturated rings. The summed E-state index contributed by atoms with van der Waals surface area (Å²) in [5.74, 6) is 0.418. The molecule has 1 aromatic carbocycles. The second-order valence-corrected chi connectivity index (χ2v) is 7.31. The van der Waals surface area contributed by atoms with Gasteiger partial charge >= 0.3 is 0 Å². The Hall–Kier alpha value is -1.64. The van der Waals surface area contributed by atoms with Gasteiger partial charge in [0, 0.05) is 26.2 Å². The van der Waals surface area contributed by atoms with Crippen molar-refractivity contribution in [2.45, 2.75) is 18.7 Å². The van der Waals surface area contributed by atoms with Crippen molar-refractivity contribution in [3.63, 3.8) is 0 Å². The maximum absolute atomic E-state index is 12.3. The van der Waals surface area contributed by atoms with Gasteiger partial charge in [0.05, 0.1) is 18.0 Å². The first-order valence-corrected chi connectivity index (χ1v) is 9.67. The van der Waals surface area contributed by atoms with Gasteiger partial charge < -0.3 is 14.5 Å². The van der Waals surface area contributed by atoms with Crippen LogP contribution in [0.4, 0.5) is 0 Å². The Morgan fingerprint density at radius 2 is 1.75 bits per heavy atom. The first kappa shape index (κ1) is 18.7. The standard InChI is InChI=1S/C16H25N3O4S/c1-3-18-9-11-19(12-10-18)16(20)13-17-24(21,22)15-7-5-14(6-8-15)23-4-2/h5-8,17H,3-4,9-13H2,1-2H3. The predicted octanol–water partition coefficient (Wildman–Crippen LogP) is 0.528. The fraction of sp³-hybridized carbons (Fsp3) is 0.562. The van der Waals surface area contributed by atoms with Crippen molar-refractivity contribution in [3.05, 3.63) is 24.3 Å². The topological polar surface area (TPSA) is 78.9 Å². The molecule has 1 aliphatic rings. The van der Waals surface area contributed by atoms with Crippen LogP contribution in [0.3, 0.4) is 0 Å². The molecule has 2 rings (SSSR count). The van der Waals surface area contributed by atoms with Gasteiger partial charge in [0.15, 0.2) is 0 Å². The van der Waals surface area contributed by atoms with Gasteiger partial charge in [-0.15, -0.1) is 0 Å². The highest BCUT2D eigenvalue weighted by Crippen LogP contribution is 2.15. The van der Waals surface area contributed by atoms with Crippen LogP contribution in [0.15, 0.2) is 29.2 Å². The molecule has 1 N–H and O–H groups in total. The Bertz CT molecular complexity index is 638. The molecule has 1 amide bonds. The summed E-state index contributed by atoms with van der Waals surface area (Å²) in [5.41, 5.74) is 0. The maximum atomic E-state index is 12.3. The maximum Gasteiger partial charge on any atom is 0.241 e. The second-order valence-electron chi connectivity index (χ2n) is 5.54. The number of nitrogens with one attached hydrogen (secondary N) is 1. The number of nitrogens with zero attached hydrogens (tertiary/aromatic N) is 2. The molecule has 0 saturated carbocycles. The molecule has 1 aromatic rings. The van der Waals surface area contributed by atoms with E-state index in [1.807, 2.05) is 6.92 Å². The van der Waals surface area contributed by atoms with Gasteiger partial charge in [0.2, 0.25) is 15.9 Å². The summed E-state index contributed by atoms with van der Waals surface area (Å²) in [5, 5.41) is 0. The number of likely N-dealkylation sites (N-methyl/N-ethyl adjacent to an activating group) is 1. The Balaban J connectivity index is 1.89. The van der Waals surface area contributed by atoms with Crippen molar-refractivity contribution in [2.24, 2.45) is 0 Å². The number of carbonyl (C=O) groups is 1. The summed E-state index contributed by atoms with van der Waals surface area (Å²) < 4.78 is 32.2. The Morgan fingerprint density at radius 1 is 1.12 bits per heavy atom. The third-order valence-corrected chi connectivity index (χ3v) is 5.45. The second kappa shape index (κ2) is 8.46. The lowest BCUT2D eigenvalue weighted by Gasteiger charge is -2.34. The van der Waals surface area contributed by atoms with E-state index in [0.29, 0.717) is 25.4 Å². The molecular weight excluding hydrogens is 330 g/mol. The van der Waals surface area contributed by atoms with E-state index >= 15 is 0 Å². The Labute approximate surface area is 143 Å². The molecule has 1 aliphatic heterocycles. The third-order valence-electron chi connectivity index (χ3n) is 4.03. The zero-order valence-electron chi connectivity index (χ0n) is 14.2. The van der Waals surface area contributed by atoms with Crippen molar-refractivity contribution < 1.29 is 17.9 Å². The van der Waals surface area contributed by atoms with Gasteiger partial charge in [-0.25, -0.2) is 13.1 Å². The lowest BCUT2D eigenvalue weighted by atomic mass is 10.3. The number of hydrogen-bond acceptors (Lipinski definition) is 5. The van der Waals surface area contributed by atoms with E-state index in [9.17, 15) is 13.2 Å². The number of piperazine rings is 1. The molecule has 0 atom stereocenters. The van der Waals surface area contributed by atoms with E-state index in [-0.39, 0.29) is 17.3 Å². The van der Waals surface area contributed by atoms with Crippen LogP contribution in [0.25, 0.3) is 0 Å². The Kier molecular flexibility index (Phi) is 6.59.